The van der Waals surface area contributed by atoms with Crippen molar-refractivity contribution >= 4 is 19.7 Å². The predicted molar refractivity (Wildman–Crippen MR) is 134 cm³/mol. The maximum atomic E-state index is 13.8. The van der Waals surface area contributed by atoms with Crippen molar-refractivity contribution in [2.75, 3.05) is 0 Å². The largest absolute Gasteiger partial charge is 0.223 e. The smallest absolute Gasteiger partial charge is 0.185 e. The van der Waals surface area contributed by atoms with Crippen LogP contribution in [0.5, 0.6) is 0 Å². The lowest BCUT2D eigenvalue weighted by molar-refractivity contribution is 0.539. The van der Waals surface area contributed by atoms with E-state index < -0.39 is 30.2 Å². The minimum Gasteiger partial charge on any atom is -0.223 e. The van der Waals surface area contributed by atoms with E-state index in [9.17, 15) is 16.8 Å². The summed E-state index contributed by atoms with van der Waals surface area (Å²) in [6, 6.07) is 32.1. The van der Waals surface area contributed by atoms with E-state index in [4.69, 9.17) is 0 Å². The first-order valence-corrected chi connectivity index (χ1v) is 14.2. The molecule has 5 rings (SSSR count). The van der Waals surface area contributed by atoms with Gasteiger partial charge < -0.3 is 0 Å². The van der Waals surface area contributed by atoms with Crippen LogP contribution in [0.4, 0.5) is 0 Å². The van der Waals surface area contributed by atoms with E-state index in [2.05, 4.69) is 0 Å². The van der Waals surface area contributed by atoms with E-state index in [0.29, 0.717) is 5.56 Å². The first-order valence-electron chi connectivity index (χ1n) is 11.1. The molecule has 0 saturated heterocycles. The third-order valence-electron chi connectivity index (χ3n) is 6.48. The van der Waals surface area contributed by atoms with Gasteiger partial charge in [-0.05, 0) is 65.4 Å². The Balaban J connectivity index is 1.65. The van der Waals surface area contributed by atoms with Crippen molar-refractivity contribution in [2.45, 2.75) is 33.1 Å². The van der Waals surface area contributed by atoms with Gasteiger partial charge in [0, 0.05) is 0 Å². The van der Waals surface area contributed by atoms with E-state index in [1.165, 1.54) is 0 Å². The van der Waals surface area contributed by atoms with E-state index in [0.717, 1.165) is 16.7 Å². The van der Waals surface area contributed by atoms with Crippen molar-refractivity contribution in [1.29, 1.82) is 0 Å². The van der Waals surface area contributed by atoms with Gasteiger partial charge in [-0.25, -0.2) is 16.8 Å². The highest BCUT2D eigenvalue weighted by Crippen LogP contribution is 2.43. The molecule has 0 spiro atoms. The second-order valence-corrected chi connectivity index (χ2v) is 12.9. The van der Waals surface area contributed by atoms with Gasteiger partial charge >= 0.3 is 0 Å². The van der Waals surface area contributed by atoms with Gasteiger partial charge in [-0.1, -0.05) is 78.9 Å². The molecule has 4 aromatic rings. The third kappa shape index (κ3) is 4.08. The molecular formula is C28H24O4S2. The topological polar surface area (TPSA) is 68.3 Å². The van der Waals surface area contributed by atoms with Crippen LogP contribution in [-0.2, 0) is 26.1 Å². The van der Waals surface area contributed by atoms with Gasteiger partial charge in [0.2, 0.25) is 0 Å². The highest BCUT2D eigenvalue weighted by molar-refractivity contribution is 7.93. The van der Waals surface area contributed by atoms with Crippen molar-refractivity contribution in [1.82, 2.24) is 0 Å². The van der Waals surface area contributed by atoms with Crippen molar-refractivity contribution in [2.24, 2.45) is 0 Å². The Morgan fingerprint density at radius 1 is 0.559 bits per heavy atom. The number of sulfone groups is 2. The van der Waals surface area contributed by atoms with Gasteiger partial charge in [0.05, 0.1) is 20.3 Å². The van der Waals surface area contributed by atoms with Gasteiger partial charge in [0.25, 0.3) is 0 Å². The van der Waals surface area contributed by atoms with Crippen LogP contribution in [0.2, 0.25) is 0 Å². The van der Waals surface area contributed by atoms with Crippen molar-refractivity contribution in [3.8, 4) is 11.1 Å². The molecule has 2 unspecified atom stereocenters. The molecule has 172 valence electrons. The molecule has 6 heteroatoms. The first-order chi connectivity index (χ1) is 16.4. The second kappa shape index (κ2) is 8.85. The van der Waals surface area contributed by atoms with Crippen molar-refractivity contribution < 1.29 is 16.8 Å². The molecule has 0 aromatic heterocycles. The van der Waals surface area contributed by atoms with E-state index in [1.54, 1.807) is 60.7 Å². The Kier molecular flexibility index (Phi) is 5.88. The Bertz CT molecular complexity index is 1510. The molecule has 0 radical (unpaired) electrons. The van der Waals surface area contributed by atoms with Crippen molar-refractivity contribution in [3.63, 3.8) is 0 Å². The summed E-state index contributed by atoms with van der Waals surface area (Å²) >= 11 is 0. The standard InChI is InChI=1S/C28H24O4S2/c29-33(30,24-12-6-2-7-13-24)26-18-23-17-16-22(21-10-4-1-5-11-21)19-27(23)28(20-26)34(31,32)25-14-8-3-9-15-25/h1-17,19,26,28H,18,20H2. The van der Waals surface area contributed by atoms with Crippen LogP contribution in [0, 0.1) is 0 Å². The fraction of sp³-hybridized carbons (Fsp3) is 0.143. The third-order valence-corrected chi connectivity index (χ3v) is 10.8. The first kappa shape index (κ1) is 22.6. The van der Waals surface area contributed by atoms with Gasteiger partial charge in [0.15, 0.2) is 19.7 Å². The fourth-order valence-electron chi connectivity index (χ4n) is 4.69. The normalized spacial score (nSPS) is 18.2. The maximum Gasteiger partial charge on any atom is 0.185 e. The summed E-state index contributed by atoms with van der Waals surface area (Å²) in [4.78, 5) is 0.425. The van der Waals surface area contributed by atoms with Crippen LogP contribution < -0.4 is 0 Å². The lowest BCUT2D eigenvalue weighted by atomic mass is 9.88. The van der Waals surface area contributed by atoms with Crippen LogP contribution in [0.25, 0.3) is 11.1 Å². The highest BCUT2D eigenvalue weighted by Gasteiger charge is 2.41. The van der Waals surface area contributed by atoms with Crippen LogP contribution >= 0.6 is 0 Å². The summed E-state index contributed by atoms with van der Waals surface area (Å²) < 4.78 is 54.6. The van der Waals surface area contributed by atoms with E-state index >= 15 is 0 Å². The molecule has 34 heavy (non-hydrogen) atoms. The summed E-state index contributed by atoms with van der Waals surface area (Å²) in [5, 5.41) is -1.78. The lowest BCUT2D eigenvalue weighted by Gasteiger charge is -2.32. The summed E-state index contributed by atoms with van der Waals surface area (Å²) in [5.41, 5.74) is 3.35. The molecule has 0 fully saturated rings. The molecule has 0 N–H and O–H groups in total. The second-order valence-electron chi connectivity index (χ2n) is 8.55. The van der Waals surface area contributed by atoms with Crippen LogP contribution in [-0.4, -0.2) is 22.1 Å². The Hall–Kier alpha value is -3.22. The average Bonchev–Trinajstić information content (AvgIpc) is 2.89. The van der Waals surface area contributed by atoms with Crippen molar-refractivity contribution in [3.05, 3.63) is 120 Å². The monoisotopic (exact) mass is 488 g/mol. The predicted octanol–water partition coefficient (Wildman–Crippen LogP) is 5.66. The van der Waals surface area contributed by atoms with Crippen LogP contribution in [0.3, 0.4) is 0 Å². The van der Waals surface area contributed by atoms with E-state index in [1.807, 2.05) is 48.5 Å². The summed E-state index contributed by atoms with van der Waals surface area (Å²) in [7, 11) is -7.52. The van der Waals surface area contributed by atoms with Crippen LogP contribution in [0.15, 0.2) is 119 Å². The molecule has 0 aliphatic heterocycles. The summed E-state index contributed by atoms with van der Waals surface area (Å²) in [5.74, 6) is 0. The molecule has 0 saturated carbocycles. The Labute approximate surface area is 200 Å². The number of hydrogen-bond acceptors (Lipinski definition) is 4. The number of hydrogen-bond donors (Lipinski definition) is 0. The number of rotatable bonds is 5. The number of fused-ring (bicyclic) bond motifs is 1. The summed E-state index contributed by atoms with van der Waals surface area (Å²) in [6.07, 6.45) is 0.294. The molecule has 2 atom stereocenters. The Morgan fingerprint density at radius 2 is 1.09 bits per heavy atom. The SMILES string of the molecule is O=S(=O)(c1ccccc1)C1Cc2ccc(-c3ccccc3)cc2C(S(=O)(=O)c2ccccc2)C1. The average molecular weight is 489 g/mol. The van der Waals surface area contributed by atoms with Gasteiger partial charge in [0.1, 0.15) is 0 Å². The molecule has 1 aliphatic carbocycles. The molecular weight excluding hydrogens is 464 g/mol. The molecule has 0 bridgehead atoms. The zero-order chi connectivity index (χ0) is 23.8. The zero-order valence-corrected chi connectivity index (χ0v) is 20.0. The summed E-state index contributed by atoms with van der Waals surface area (Å²) in [6.45, 7) is 0. The quantitative estimate of drug-likeness (QED) is 0.364. The molecule has 0 heterocycles. The van der Waals surface area contributed by atoms with Gasteiger partial charge in [-0.3, -0.25) is 0 Å². The maximum absolute atomic E-state index is 13.8. The molecule has 4 nitrogen and oxygen atoms in total. The molecule has 0 amide bonds. The highest BCUT2D eigenvalue weighted by atomic mass is 32.2. The van der Waals surface area contributed by atoms with E-state index in [-0.39, 0.29) is 22.6 Å². The minimum atomic E-state index is -3.81. The van der Waals surface area contributed by atoms with Gasteiger partial charge in [-0.2, -0.15) is 0 Å². The molecule has 4 aromatic carbocycles. The molecule has 1 aliphatic rings. The number of benzene rings is 4. The fourth-order valence-corrected chi connectivity index (χ4v) is 8.48. The zero-order valence-electron chi connectivity index (χ0n) is 18.4. The minimum absolute atomic E-state index is 0.0136. The van der Waals surface area contributed by atoms with Gasteiger partial charge in [-0.15, -0.1) is 0 Å². The Morgan fingerprint density at radius 3 is 1.68 bits per heavy atom. The van der Waals surface area contributed by atoms with Crippen LogP contribution in [0.1, 0.15) is 22.8 Å². The lowest BCUT2D eigenvalue weighted by Crippen LogP contribution is -2.33.